The minimum atomic E-state index is -0.169. The number of aromatic nitrogens is 4. The number of hydrogen-bond acceptors (Lipinski definition) is 8. The Balaban J connectivity index is 1.40. The topological polar surface area (TPSA) is 71.5 Å². The second-order valence-corrected chi connectivity index (χ2v) is 11.4. The number of thiol groups is 1. The van der Waals surface area contributed by atoms with Gasteiger partial charge in [-0.3, -0.25) is 4.79 Å². The van der Waals surface area contributed by atoms with E-state index in [9.17, 15) is 4.79 Å². The molecule has 33 heavy (non-hydrogen) atoms. The smallest absolute Gasteiger partial charge is 0.268 e. The molecular weight excluding hydrogens is 512 g/mol. The van der Waals surface area contributed by atoms with Crippen LogP contribution in [0.1, 0.15) is 10.8 Å². The number of para-hydroxylation sites is 1. The minimum absolute atomic E-state index is 0.169. The average Bonchev–Trinajstić information content (AvgIpc) is 3.51. The number of rotatable bonds is 4. The fourth-order valence-corrected chi connectivity index (χ4v) is 7.02. The molecule has 0 amide bonds. The molecule has 0 bridgehead atoms. The van der Waals surface area contributed by atoms with Gasteiger partial charge in [0.1, 0.15) is 26.1 Å². The Bertz CT molecular complexity index is 1660. The van der Waals surface area contributed by atoms with Gasteiger partial charge in [0.2, 0.25) is 0 Å². The summed E-state index contributed by atoms with van der Waals surface area (Å²) in [4.78, 5) is 30.1. The zero-order valence-electron chi connectivity index (χ0n) is 16.7. The van der Waals surface area contributed by atoms with Crippen molar-refractivity contribution < 1.29 is 0 Å². The molecule has 0 aliphatic carbocycles. The molecule has 0 unspecified atom stereocenters. The van der Waals surface area contributed by atoms with E-state index < -0.39 is 0 Å². The van der Waals surface area contributed by atoms with Crippen molar-refractivity contribution in [2.75, 3.05) is 0 Å². The lowest BCUT2D eigenvalue weighted by Gasteiger charge is -2.00. The summed E-state index contributed by atoms with van der Waals surface area (Å²) >= 11 is 15.1. The van der Waals surface area contributed by atoms with Gasteiger partial charge in [-0.2, -0.15) is 0 Å². The van der Waals surface area contributed by atoms with Crippen molar-refractivity contribution in [1.29, 1.82) is 0 Å². The molecule has 0 aliphatic heterocycles. The van der Waals surface area contributed by atoms with E-state index in [-0.39, 0.29) is 5.56 Å². The van der Waals surface area contributed by atoms with Gasteiger partial charge < -0.3 is 4.98 Å². The van der Waals surface area contributed by atoms with Crippen LogP contribution in [0.3, 0.4) is 0 Å². The predicted molar refractivity (Wildman–Crippen MR) is 141 cm³/mol. The maximum atomic E-state index is 12.9. The van der Waals surface area contributed by atoms with Crippen LogP contribution in [-0.4, -0.2) is 19.9 Å². The molecule has 2 aromatic carbocycles. The minimum Gasteiger partial charge on any atom is -0.309 e. The molecule has 0 saturated heterocycles. The number of H-pyrrole nitrogens is 1. The van der Waals surface area contributed by atoms with Crippen molar-refractivity contribution in [3.8, 4) is 21.8 Å². The van der Waals surface area contributed by atoms with E-state index in [0.29, 0.717) is 27.5 Å². The van der Waals surface area contributed by atoms with E-state index in [1.807, 2.05) is 53.9 Å². The Labute approximate surface area is 210 Å². The van der Waals surface area contributed by atoms with Gasteiger partial charge in [-0.05, 0) is 24.3 Å². The van der Waals surface area contributed by atoms with E-state index >= 15 is 0 Å². The first-order valence-electron chi connectivity index (χ1n) is 9.86. The third-order valence-corrected chi connectivity index (χ3v) is 8.73. The van der Waals surface area contributed by atoms with Crippen LogP contribution in [0.5, 0.6) is 0 Å². The standard InChI is InChI=1S/C23H13ClN4OS4/c24-12-7-5-11(6-8-12)14-10-31-17(25-14)9-16-27-19-18(23(30)33-20(19)21(29)28-16)22-26-13-3-1-2-4-15(13)32-22/h1-8,10,30H,9H2,(H,27,28,29). The lowest BCUT2D eigenvalue weighted by atomic mass is 10.2. The molecule has 0 fully saturated rings. The lowest BCUT2D eigenvalue weighted by Crippen LogP contribution is -2.10. The highest BCUT2D eigenvalue weighted by Crippen LogP contribution is 2.41. The molecule has 0 spiro atoms. The Hall–Kier alpha value is -2.56. The van der Waals surface area contributed by atoms with Crippen LogP contribution in [0.2, 0.25) is 5.02 Å². The van der Waals surface area contributed by atoms with Gasteiger partial charge >= 0.3 is 0 Å². The molecule has 10 heteroatoms. The Morgan fingerprint density at radius 2 is 1.82 bits per heavy atom. The number of thiophene rings is 1. The van der Waals surface area contributed by atoms with Crippen LogP contribution in [0.4, 0.5) is 0 Å². The number of halogens is 1. The summed E-state index contributed by atoms with van der Waals surface area (Å²) in [6.45, 7) is 0. The maximum absolute atomic E-state index is 12.9. The first kappa shape index (κ1) is 21.0. The number of nitrogens with one attached hydrogen (secondary N) is 1. The van der Waals surface area contributed by atoms with Crippen molar-refractivity contribution >= 4 is 78.7 Å². The molecular formula is C23H13ClN4OS4. The quantitative estimate of drug-likeness (QED) is 0.245. The summed E-state index contributed by atoms with van der Waals surface area (Å²) in [5.41, 5.74) is 4.07. The van der Waals surface area contributed by atoms with Crippen molar-refractivity contribution in [3.05, 3.63) is 80.1 Å². The molecule has 0 atom stereocenters. The van der Waals surface area contributed by atoms with Gasteiger partial charge in [0.05, 0.1) is 32.1 Å². The van der Waals surface area contributed by atoms with E-state index in [4.69, 9.17) is 26.6 Å². The number of fused-ring (bicyclic) bond motifs is 2. The second kappa shape index (κ2) is 8.34. The molecule has 6 aromatic rings. The number of aromatic amines is 1. The Morgan fingerprint density at radius 3 is 2.64 bits per heavy atom. The van der Waals surface area contributed by atoms with Gasteiger partial charge in [0.25, 0.3) is 5.56 Å². The lowest BCUT2D eigenvalue weighted by molar-refractivity contribution is 0.965. The van der Waals surface area contributed by atoms with Crippen LogP contribution in [0.15, 0.2) is 62.9 Å². The summed E-state index contributed by atoms with van der Waals surface area (Å²) in [5, 5.41) is 4.37. The molecule has 162 valence electrons. The summed E-state index contributed by atoms with van der Waals surface area (Å²) < 4.78 is 2.37. The molecule has 4 heterocycles. The molecule has 4 aromatic heterocycles. The molecule has 0 saturated carbocycles. The Morgan fingerprint density at radius 1 is 1.00 bits per heavy atom. The number of nitrogens with zero attached hydrogens (tertiary/aromatic N) is 3. The van der Waals surface area contributed by atoms with Crippen molar-refractivity contribution in [3.63, 3.8) is 0 Å². The zero-order chi connectivity index (χ0) is 22.5. The molecule has 0 aliphatic rings. The average molecular weight is 525 g/mol. The van der Waals surface area contributed by atoms with Crippen LogP contribution in [0.25, 0.3) is 42.3 Å². The van der Waals surface area contributed by atoms with Crippen molar-refractivity contribution in [1.82, 2.24) is 19.9 Å². The third-order valence-electron chi connectivity index (χ3n) is 5.09. The summed E-state index contributed by atoms with van der Waals surface area (Å²) in [6, 6.07) is 15.5. The summed E-state index contributed by atoms with van der Waals surface area (Å²) in [6.07, 6.45) is 0.431. The monoisotopic (exact) mass is 524 g/mol. The van der Waals surface area contributed by atoms with Gasteiger partial charge in [-0.1, -0.05) is 35.9 Å². The van der Waals surface area contributed by atoms with Crippen LogP contribution >= 0.6 is 58.2 Å². The fraction of sp³-hybridized carbons (Fsp3) is 0.0435. The number of benzene rings is 2. The largest absolute Gasteiger partial charge is 0.309 e. The van der Waals surface area contributed by atoms with Gasteiger partial charge in [0.15, 0.2) is 0 Å². The van der Waals surface area contributed by atoms with Crippen molar-refractivity contribution in [2.24, 2.45) is 0 Å². The van der Waals surface area contributed by atoms with Crippen LogP contribution in [-0.2, 0) is 6.42 Å². The van der Waals surface area contributed by atoms with Gasteiger partial charge in [-0.15, -0.1) is 46.6 Å². The van der Waals surface area contributed by atoms with Gasteiger partial charge in [0, 0.05) is 16.0 Å². The summed E-state index contributed by atoms with van der Waals surface area (Å²) in [5.74, 6) is 0.568. The second-order valence-electron chi connectivity index (χ2n) is 7.27. The molecule has 1 N–H and O–H groups in total. The van der Waals surface area contributed by atoms with E-state index in [0.717, 1.165) is 41.3 Å². The maximum Gasteiger partial charge on any atom is 0.268 e. The van der Waals surface area contributed by atoms with E-state index in [2.05, 4.69) is 17.6 Å². The third kappa shape index (κ3) is 3.89. The molecule has 0 radical (unpaired) electrons. The molecule has 5 nitrogen and oxygen atoms in total. The fourth-order valence-electron chi connectivity index (χ4n) is 3.57. The predicted octanol–water partition coefficient (Wildman–Crippen LogP) is 6.92. The number of thiazole rings is 2. The first-order valence-corrected chi connectivity index (χ1v) is 13.2. The van der Waals surface area contributed by atoms with E-state index in [1.54, 1.807) is 11.3 Å². The van der Waals surface area contributed by atoms with Gasteiger partial charge in [-0.25, -0.2) is 15.0 Å². The SMILES string of the molecule is O=c1[nH]c(Cc2nc(-c3ccc(Cl)cc3)cs2)nc2c(-c3nc4ccccc4s3)c(S)sc12. The van der Waals surface area contributed by atoms with Crippen LogP contribution in [0, 0.1) is 0 Å². The highest BCUT2D eigenvalue weighted by atomic mass is 35.5. The van der Waals surface area contributed by atoms with Crippen molar-refractivity contribution in [2.45, 2.75) is 10.6 Å². The first-order chi connectivity index (χ1) is 16.0. The van der Waals surface area contributed by atoms with E-state index in [1.165, 1.54) is 22.7 Å². The van der Waals surface area contributed by atoms with Crippen LogP contribution < -0.4 is 5.56 Å². The highest BCUT2D eigenvalue weighted by Gasteiger charge is 2.20. The normalized spacial score (nSPS) is 11.6. The zero-order valence-corrected chi connectivity index (χ0v) is 20.8. The molecule has 6 rings (SSSR count). The summed E-state index contributed by atoms with van der Waals surface area (Å²) in [7, 11) is 0. The number of hydrogen-bond donors (Lipinski definition) is 2. The highest BCUT2D eigenvalue weighted by molar-refractivity contribution is 7.83. The Kier molecular flexibility index (Phi) is 5.31.